The number of carbonyl (C=O) groups excluding carboxylic acids is 1. The molecule has 2 aromatic carbocycles. The van der Waals surface area contributed by atoms with Gasteiger partial charge in [0.1, 0.15) is 13.2 Å². The fourth-order valence-corrected chi connectivity index (χ4v) is 4.17. The number of ether oxygens (including phenoxy) is 2. The molecule has 0 fully saturated rings. The van der Waals surface area contributed by atoms with Crippen molar-refractivity contribution >= 4 is 22.5 Å². The third-order valence-corrected chi connectivity index (χ3v) is 5.78. The molecule has 6 rings (SSSR count). The SMILES string of the molecule is Cc1nn2c(ncc3c(=O)n(NC(=O)c4ccc5c(c4)OCCO5)ccc32)c1-c1ccccc1. The molecule has 0 saturated heterocycles. The van der Waals surface area contributed by atoms with E-state index in [1.165, 1.54) is 12.4 Å². The summed E-state index contributed by atoms with van der Waals surface area (Å²) in [5, 5.41) is 4.96. The van der Waals surface area contributed by atoms with Crippen molar-refractivity contribution in [3.05, 3.63) is 88.6 Å². The zero-order valence-corrected chi connectivity index (χ0v) is 18.2. The number of aromatic nitrogens is 4. The van der Waals surface area contributed by atoms with Crippen molar-refractivity contribution in [2.75, 3.05) is 18.6 Å². The smallest absolute Gasteiger partial charge is 0.280 e. The topological polar surface area (TPSA) is 99.8 Å². The van der Waals surface area contributed by atoms with Gasteiger partial charge in [-0.15, -0.1) is 0 Å². The summed E-state index contributed by atoms with van der Waals surface area (Å²) in [5.74, 6) is 0.638. The van der Waals surface area contributed by atoms with Gasteiger partial charge < -0.3 is 9.47 Å². The number of hydrogen-bond donors (Lipinski definition) is 1. The van der Waals surface area contributed by atoms with Crippen LogP contribution in [-0.2, 0) is 0 Å². The van der Waals surface area contributed by atoms with Gasteiger partial charge in [0.2, 0.25) is 0 Å². The zero-order valence-electron chi connectivity index (χ0n) is 18.2. The fraction of sp³-hybridized carbons (Fsp3) is 0.120. The lowest BCUT2D eigenvalue weighted by Crippen LogP contribution is -2.33. The van der Waals surface area contributed by atoms with Gasteiger partial charge in [-0.3, -0.25) is 15.0 Å². The Morgan fingerprint density at radius 3 is 2.65 bits per heavy atom. The molecule has 9 nitrogen and oxygen atoms in total. The van der Waals surface area contributed by atoms with Crippen LogP contribution in [-0.4, -0.2) is 38.4 Å². The fourth-order valence-electron chi connectivity index (χ4n) is 4.17. The number of amides is 1. The van der Waals surface area contributed by atoms with Crippen LogP contribution in [0.1, 0.15) is 16.1 Å². The number of aryl methyl sites for hydroxylation is 1. The maximum absolute atomic E-state index is 13.2. The molecule has 3 aromatic heterocycles. The average Bonchev–Trinajstić information content (AvgIpc) is 3.22. The zero-order chi connectivity index (χ0) is 23.2. The van der Waals surface area contributed by atoms with Gasteiger partial charge in [-0.25, -0.2) is 14.2 Å². The maximum Gasteiger partial charge on any atom is 0.280 e. The first-order valence-corrected chi connectivity index (χ1v) is 10.8. The predicted octanol–water partition coefficient (Wildman–Crippen LogP) is 3.17. The first-order chi connectivity index (χ1) is 16.6. The summed E-state index contributed by atoms with van der Waals surface area (Å²) in [6.45, 7) is 2.80. The van der Waals surface area contributed by atoms with Crippen LogP contribution in [0.4, 0.5) is 0 Å². The summed E-state index contributed by atoms with van der Waals surface area (Å²) in [4.78, 5) is 30.5. The van der Waals surface area contributed by atoms with Gasteiger partial charge >= 0.3 is 0 Å². The minimum Gasteiger partial charge on any atom is -0.486 e. The van der Waals surface area contributed by atoms with E-state index in [4.69, 9.17) is 9.47 Å². The van der Waals surface area contributed by atoms with Crippen molar-refractivity contribution in [3.8, 4) is 22.6 Å². The molecule has 168 valence electrons. The van der Waals surface area contributed by atoms with Crippen molar-refractivity contribution in [1.82, 2.24) is 19.3 Å². The predicted molar refractivity (Wildman–Crippen MR) is 126 cm³/mol. The van der Waals surface area contributed by atoms with Crippen molar-refractivity contribution in [3.63, 3.8) is 0 Å². The highest BCUT2D eigenvalue weighted by Crippen LogP contribution is 2.31. The van der Waals surface area contributed by atoms with E-state index in [-0.39, 0.29) is 0 Å². The van der Waals surface area contributed by atoms with E-state index >= 15 is 0 Å². The Morgan fingerprint density at radius 1 is 1.03 bits per heavy atom. The first kappa shape index (κ1) is 20.0. The first-order valence-electron chi connectivity index (χ1n) is 10.8. The molecule has 1 aliphatic rings. The van der Waals surface area contributed by atoms with Crippen LogP contribution in [0.5, 0.6) is 11.5 Å². The highest BCUT2D eigenvalue weighted by molar-refractivity contribution is 6.00. The Hall–Kier alpha value is -4.66. The van der Waals surface area contributed by atoms with E-state index < -0.39 is 11.5 Å². The second-order valence-electron chi connectivity index (χ2n) is 7.91. The van der Waals surface area contributed by atoms with Crippen molar-refractivity contribution in [2.24, 2.45) is 0 Å². The lowest BCUT2D eigenvalue weighted by Gasteiger charge is -2.18. The minimum atomic E-state index is -0.450. The molecule has 5 aromatic rings. The molecule has 1 amide bonds. The molecule has 0 bridgehead atoms. The highest BCUT2D eigenvalue weighted by Gasteiger charge is 2.18. The highest BCUT2D eigenvalue weighted by atomic mass is 16.6. The largest absolute Gasteiger partial charge is 0.486 e. The van der Waals surface area contributed by atoms with Crippen molar-refractivity contribution in [1.29, 1.82) is 0 Å². The second-order valence-corrected chi connectivity index (χ2v) is 7.91. The normalized spacial score (nSPS) is 12.7. The molecule has 4 heterocycles. The minimum absolute atomic E-state index is 0.333. The number of nitrogens with zero attached hydrogens (tertiary/aromatic N) is 4. The van der Waals surface area contributed by atoms with E-state index in [9.17, 15) is 9.59 Å². The van der Waals surface area contributed by atoms with Gasteiger partial charge in [-0.2, -0.15) is 5.10 Å². The standard InChI is InChI=1S/C25H19N5O4/c1-15-22(16-5-3-2-4-6-16)23-26-14-18-19(30(23)27-15)9-10-29(25(18)32)28-24(31)17-7-8-20-21(13-17)34-12-11-33-20/h2-10,13-14H,11-12H2,1H3,(H,28,31). The van der Waals surface area contributed by atoms with Crippen LogP contribution < -0.4 is 20.5 Å². The monoisotopic (exact) mass is 453 g/mol. The lowest BCUT2D eigenvalue weighted by atomic mass is 10.1. The third-order valence-electron chi connectivity index (χ3n) is 5.78. The maximum atomic E-state index is 13.2. The summed E-state index contributed by atoms with van der Waals surface area (Å²) in [6.07, 6.45) is 3.03. The Labute approximate surface area is 193 Å². The van der Waals surface area contributed by atoms with Crippen LogP contribution in [0.25, 0.3) is 27.7 Å². The van der Waals surface area contributed by atoms with Crippen LogP contribution in [0.15, 0.2) is 71.8 Å². The second kappa shape index (κ2) is 7.73. The van der Waals surface area contributed by atoms with E-state index in [1.54, 1.807) is 28.8 Å². The number of nitrogens with one attached hydrogen (secondary N) is 1. The Kier molecular flexibility index (Phi) is 4.54. The number of pyridine rings is 1. The van der Waals surface area contributed by atoms with Crippen molar-refractivity contribution < 1.29 is 14.3 Å². The van der Waals surface area contributed by atoms with E-state index in [2.05, 4.69) is 15.5 Å². The number of fused-ring (bicyclic) bond motifs is 4. The summed E-state index contributed by atoms with van der Waals surface area (Å²) >= 11 is 0. The van der Waals surface area contributed by atoms with Gasteiger partial charge in [0, 0.05) is 23.5 Å². The Morgan fingerprint density at radius 2 is 1.82 bits per heavy atom. The molecule has 0 spiro atoms. The average molecular weight is 453 g/mol. The van der Waals surface area contributed by atoms with Crippen LogP contribution >= 0.6 is 0 Å². The quantitative estimate of drug-likeness (QED) is 0.451. The summed E-state index contributed by atoms with van der Waals surface area (Å²) in [5.41, 5.74) is 6.55. The molecule has 34 heavy (non-hydrogen) atoms. The molecule has 0 saturated carbocycles. The van der Waals surface area contributed by atoms with Gasteiger partial charge in [0.15, 0.2) is 17.1 Å². The Bertz CT molecular complexity index is 1640. The van der Waals surface area contributed by atoms with E-state index in [0.717, 1.165) is 21.5 Å². The number of carbonyl (C=O) groups is 1. The molecule has 0 radical (unpaired) electrons. The number of benzene rings is 2. The van der Waals surface area contributed by atoms with Gasteiger partial charge in [-0.1, -0.05) is 30.3 Å². The summed E-state index contributed by atoms with van der Waals surface area (Å²) in [7, 11) is 0. The number of rotatable bonds is 3. The number of hydrogen-bond acceptors (Lipinski definition) is 6. The van der Waals surface area contributed by atoms with Crippen molar-refractivity contribution in [2.45, 2.75) is 6.92 Å². The van der Waals surface area contributed by atoms with Crippen LogP contribution in [0.3, 0.4) is 0 Å². The third kappa shape index (κ3) is 3.17. The molecule has 1 aliphatic heterocycles. The lowest BCUT2D eigenvalue weighted by molar-refractivity contribution is 0.101. The molecular formula is C25H19N5O4. The molecule has 1 N–H and O–H groups in total. The van der Waals surface area contributed by atoms with Crippen LogP contribution in [0.2, 0.25) is 0 Å². The molecule has 9 heteroatoms. The van der Waals surface area contributed by atoms with Crippen LogP contribution in [0, 0.1) is 6.92 Å². The Balaban J connectivity index is 1.38. The summed E-state index contributed by atoms with van der Waals surface area (Å²) < 4.78 is 13.8. The summed E-state index contributed by atoms with van der Waals surface area (Å²) in [6, 6.07) is 16.5. The van der Waals surface area contributed by atoms with E-state index in [1.807, 2.05) is 37.3 Å². The van der Waals surface area contributed by atoms with E-state index in [0.29, 0.717) is 46.8 Å². The van der Waals surface area contributed by atoms with Gasteiger partial charge in [0.25, 0.3) is 11.5 Å². The molecule has 0 unspecified atom stereocenters. The molecular weight excluding hydrogens is 434 g/mol. The van der Waals surface area contributed by atoms with Gasteiger partial charge in [0.05, 0.1) is 16.6 Å². The molecule has 0 aliphatic carbocycles. The van der Waals surface area contributed by atoms with Gasteiger partial charge in [-0.05, 0) is 36.8 Å². The molecule has 0 atom stereocenters.